The highest BCUT2D eigenvalue weighted by atomic mass is 19.2. The topological polar surface area (TPSA) is 67.6 Å². The highest BCUT2D eigenvalue weighted by Gasteiger charge is 2.35. The molecule has 8 heteroatoms. The largest absolute Gasteiger partial charge is 0.425 e. The summed E-state index contributed by atoms with van der Waals surface area (Å²) in [6.45, 7) is 3.01. The van der Waals surface area contributed by atoms with Crippen molar-refractivity contribution in [3.63, 3.8) is 0 Å². The van der Waals surface area contributed by atoms with Gasteiger partial charge in [-0.25, -0.2) is 13.8 Å². The molecular weight excluding hydrogens is 332 g/mol. The number of piperidine rings is 3. The van der Waals surface area contributed by atoms with Crippen LogP contribution in [0.3, 0.4) is 0 Å². The number of ether oxygens (including phenoxy) is 1. The van der Waals surface area contributed by atoms with Crippen LogP contribution in [0.1, 0.15) is 23.5 Å². The molecule has 1 atom stereocenters. The lowest BCUT2D eigenvalue weighted by Gasteiger charge is -2.44. The standard InChI is InChI=1S/C17H17F2N3O3/c18-12-2-1-11(7-13(12)19)24-15-8-20-17(25-15)16(23)21-14-9-22-5-3-10(14)4-6-22/h1-2,7-8,10,14H,3-6,9H2,(H,21,23)/t14-/m0/s1. The number of carbonyl (C=O) groups excluding carboxylic acids is 1. The minimum absolute atomic E-state index is 0.0550. The Morgan fingerprint density at radius 2 is 2.08 bits per heavy atom. The number of hydrogen-bond donors (Lipinski definition) is 1. The molecular formula is C17H17F2N3O3. The molecule has 0 aliphatic carbocycles. The van der Waals surface area contributed by atoms with Gasteiger partial charge in [0.2, 0.25) is 0 Å². The quantitative estimate of drug-likeness (QED) is 0.919. The number of oxazole rings is 1. The normalized spacial score (nSPS) is 25.0. The van der Waals surface area contributed by atoms with Gasteiger partial charge in [-0.05, 0) is 44.0 Å². The van der Waals surface area contributed by atoms with Crippen molar-refractivity contribution in [1.29, 1.82) is 0 Å². The number of fused-ring (bicyclic) bond motifs is 3. The van der Waals surface area contributed by atoms with Crippen molar-refractivity contribution < 1.29 is 22.7 Å². The van der Waals surface area contributed by atoms with Gasteiger partial charge in [0.25, 0.3) is 5.89 Å². The van der Waals surface area contributed by atoms with Gasteiger partial charge < -0.3 is 19.4 Å². The van der Waals surface area contributed by atoms with E-state index in [0.717, 1.165) is 44.6 Å². The van der Waals surface area contributed by atoms with Gasteiger partial charge in [0.05, 0.1) is 0 Å². The van der Waals surface area contributed by atoms with Crippen molar-refractivity contribution in [1.82, 2.24) is 15.2 Å². The van der Waals surface area contributed by atoms with Crippen molar-refractivity contribution >= 4 is 5.91 Å². The Hall–Kier alpha value is -2.48. The molecule has 3 fully saturated rings. The van der Waals surface area contributed by atoms with Gasteiger partial charge in [0.15, 0.2) is 11.6 Å². The second kappa shape index (κ2) is 6.44. The molecule has 3 aliphatic heterocycles. The summed E-state index contributed by atoms with van der Waals surface area (Å²) in [6.07, 6.45) is 3.40. The molecule has 25 heavy (non-hydrogen) atoms. The third-order valence-electron chi connectivity index (χ3n) is 4.76. The van der Waals surface area contributed by atoms with E-state index in [1.54, 1.807) is 0 Å². The maximum atomic E-state index is 13.2. The molecule has 0 unspecified atom stereocenters. The molecule has 4 heterocycles. The molecule has 132 valence electrons. The zero-order valence-corrected chi connectivity index (χ0v) is 13.4. The number of nitrogens with one attached hydrogen (secondary N) is 1. The van der Waals surface area contributed by atoms with E-state index in [0.29, 0.717) is 5.92 Å². The van der Waals surface area contributed by atoms with Gasteiger partial charge in [-0.1, -0.05) is 0 Å². The van der Waals surface area contributed by atoms with Crippen LogP contribution < -0.4 is 10.1 Å². The molecule has 2 aromatic rings. The molecule has 1 N–H and O–H groups in total. The summed E-state index contributed by atoms with van der Waals surface area (Å²) in [6, 6.07) is 3.19. The van der Waals surface area contributed by atoms with E-state index >= 15 is 0 Å². The highest BCUT2D eigenvalue weighted by Crippen LogP contribution is 2.28. The third kappa shape index (κ3) is 3.34. The summed E-state index contributed by atoms with van der Waals surface area (Å²) in [5, 5.41) is 2.96. The van der Waals surface area contributed by atoms with Crippen molar-refractivity contribution in [2.45, 2.75) is 18.9 Å². The van der Waals surface area contributed by atoms with Gasteiger partial charge in [0, 0.05) is 18.7 Å². The van der Waals surface area contributed by atoms with E-state index < -0.39 is 17.5 Å². The van der Waals surface area contributed by atoms with Crippen LogP contribution >= 0.6 is 0 Å². The van der Waals surface area contributed by atoms with Crippen LogP contribution in [-0.2, 0) is 0 Å². The monoisotopic (exact) mass is 349 g/mol. The first kappa shape index (κ1) is 16.0. The summed E-state index contributed by atoms with van der Waals surface area (Å²) >= 11 is 0. The Labute approximate surface area is 142 Å². The van der Waals surface area contributed by atoms with Crippen LogP contribution in [0.25, 0.3) is 0 Å². The average molecular weight is 349 g/mol. The van der Waals surface area contributed by atoms with Crippen LogP contribution in [0.4, 0.5) is 8.78 Å². The van der Waals surface area contributed by atoms with Crippen molar-refractivity contribution in [3.05, 3.63) is 41.9 Å². The zero-order chi connectivity index (χ0) is 17.4. The van der Waals surface area contributed by atoms with Crippen molar-refractivity contribution in [2.24, 2.45) is 5.92 Å². The number of hydrogen-bond acceptors (Lipinski definition) is 5. The lowest BCUT2D eigenvalue weighted by atomic mass is 9.84. The fourth-order valence-corrected chi connectivity index (χ4v) is 3.43. The summed E-state index contributed by atoms with van der Waals surface area (Å²) in [4.78, 5) is 18.5. The number of carbonyl (C=O) groups is 1. The summed E-state index contributed by atoms with van der Waals surface area (Å²) in [7, 11) is 0. The smallest absolute Gasteiger partial charge is 0.311 e. The van der Waals surface area contributed by atoms with E-state index in [-0.39, 0.29) is 23.6 Å². The lowest BCUT2D eigenvalue weighted by molar-refractivity contribution is 0.0599. The Morgan fingerprint density at radius 1 is 1.28 bits per heavy atom. The maximum absolute atomic E-state index is 13.2. The second-order valence-corrected chi connectivity index (χ2v) is 6.38. The van der Waals surface area contributed by atoms with Crippen LogP contribution in [0.15, 0.2) is 28.8 Å². The van der Waals surface area contributed by atoms with Crippen molar-refractivity contribution in [3.8, 4) is 11.7 Å². The second-order valence-electron chi connectivity index (χ2n) is 6.38. The first-order valence-electron chi connectivity index (χ1n) is 8.20. The van der Waals surface area contributed by atoms with Crippen LogP contribution in [0, 0.1) is 17.6 Å². The number of nitrogens with zero attached hydrogens (tertiary/aromatic N) is 2. The minimum atomic E-state index is -1.03. The maximum Gasteiger partial charge on any atom is 0.311 e. The van der Waals surface area contributed by atoms with Crippen molar-refractivity contribution in [2.75, 3.05) is 19.6 Å². The Bertz CT molecular complexity index is 787. The number of amides is 1. The van der Waals surface area contributed by atoms with Crippen LogP contribution in [-0.4, -0.2) is 41.5 Å². The molecule has 0 saturated carbocycles. The highest BCUT2D eigenvalue weighted by molar-refractivity contribution is 5.89. The molecule has 2 bridgehead atoms. The molecule has 3 saturated heterocycles. The molecule has 1 aromatic carbocycles. The average Bonchev–Trinajstić information content (AvgIpc) is 3.08. The fourth-order valence-electron chi connectivity index (χ4n) is 3.43. The SMILES string of the molecule is O=C(N[C@H]1CN2CCC1CC2)c1ncc(Oc2ccc(F)c(F)c2)o1. The summed E-state index contributed by atoms with van der Waals surface area (Å²) < 4.78 is 36.6. The van der Waals surface area contributed by atoms with Crippen LogP contribution in [0.5, 0.6) is 11.7 Å². The number of aromatic nitrogens is 1. The molecule has 0 radical (unpaired) electrons. The zero-order valence-electron chi connectivity index (χ0n) is 13.4. The lowest BCUT2D eigenvalue weighted by Crippen LogP contribution is -2.57. The third-order valence-corrected chi connectivity index (χ3v) is 4.76. The van der Waals surface area contributed by atoms with Gasteiger partial charge in [-0.3, -0.25) is 4.79 Å². The molecule has 1 amide bonds. The molecule has 3 aliphatic rings. The first-order chi connectivity index (χ1) is 12.1. The Balaban J connectivity index is 1.40. The van der Waals surface area contributed by atoms with E-state index in [4.69, 9.17) is 9.15 Å². The molecule has 5 rings (SSSR count). The van der Waals surface area contributed by atoms with E-state index in [9.17, 15) is 13.6 Å². The first-order valence-corrected chi connectivity index (χ1v) is 8.20. The van der Waals surface area contributed by atoms with E-state index in [1.807, 2.05) is 0 Å². The van der Waals surface area contributed by atoms with Gasteiger partial charge in [-0.2, -0.15) is 0 Å². The number of benzene rings is 1. The molecule has 6 nitrogen and oxygen atoms in total. The number of halogens is 2. The number of rotatable bonds is 4. The van der Waals surface area contributed by atoms with E-state index in [1.165, 1.54) is 12.3 Å². The minimum Gasteiger partial charge on any atom is -0.425 e. The Morgan fingerprint density at radius 3 is 2.76 bits per heavy atom. The summed E-state index contributed by atoms with van der Waals surface area (Å²) in [5.41, 5.74) is 0. The molecule has 1 aromatic heterocycles. The van der Waals surface area contributed by atoms with Gasteiger partial charge in [0.1, 0.15) is 11.9 Å². The predicted molar refractivity (Wildman–Crippen MR) is 83.4 cm³/mol. The predicted octanol–water partition coefficient (Wildman–Crippen LogP) is 2.57. The Kier molecular flexibility index (Phi) is 4.12. The van der Waals surface area contributed by atoms with Crippen LogP contribution in [0.2, 0.25) is 0 Å². The molecule has 0 spiro atoms. The fraction of sp³-hybridized carbons (Fsp3) is 0.412. The van der Waals surface area contributed by atoms with E-state index in [2.05, 4.69) is 15.2 Å². The van der Waals surface area contributed by atoms with Gasteiger partial charge in [-0.15, -0.1) is 0 Å². The summed E-state index contributed by atoms with van der Waals surface area (Å²) in [5.74, 6) is -2.04. The van der Waals surface area contributed by atoms with Gasteiger partial charge >= 0.3 is 11.9 Å².